The fourth-order valence-electron chi connectivity index (χ4n) is 1.20. The molecule has 1 aromatic rings. The van der Waals surface area contributed by atoms with E-state index in [4.69, 9.17) is 10.5 Å². The van der Waals surface area contributed by atoms with E-state index in [1.54, 1.807) is 7.11 Å². The lowest BCUT2D eigenvalue weighted by Crippen LogP contribution is -2.38. The van der Waals surface area contributed by atoms with Crippen molar-refractivity contribution in [3.8, 4) is 5.75 Å². The lowest BCUT2D eigenvalue weighted by molar-refractivity contribution is -0.119. The molecule has 0 unspecified atom stereocenters. The smallest absolute Gasteiger partial charge is 0.230 e. The minimum absolute atomic E-state index is 0.00349. The zero-order valence-corrected chi connectivity index (χ0v) is 10.9. The van der Waals surface area contributed by atoms with Crippen molar-refractivity contribution >= 4 is 17.7 Å². The van der Waals surface area contributed by atoms with Gasteiger partial charge < -0.3 is 15.8 Å². The zero-order chi connectivity index (χ0) is 12.7. The van der Waals surface area contributed by atoms with Gasteiger partial charge in [-0.05, 0) is 31.2 Å². The molecule has 0 aliphatic heterocycles. The van der Waals surface area contributed by atoms with E-state index in [2.05, 4.69) is 5.32 Å². The summed E-state index contributed by atoms with van der Waals surface area (Å²) >= 11 is 1.49. The normalized spacial score (nSPS) is 11.9. The number of benzene rings is 1. The van der Waals surface area contributed by atoms with Crippen LogP contribution in [0.3, 0.4) is 0 Å². The number of carbonyl (C=O) groups excluding carboxylic acids is 1. The van der Waals surface area contributed by atoms with Gasteiger partial charge in [0.1, 0.15) is 5.75 Å². The maximum Gasteiger partial charge on any atom is 0.230 e. The van der Waals surface area contributed by atoms with Gasteiger partial charge in [0.2, 0.25) is 5.91 Å². The van der Waals surface area contributed by atoms with Gasteiger partial charge in [0.05, 0.1) is 12.9 Å². The highest BCUT2D eigenvalue weighted by Gasteiger charge is 2.06. The van der Waals surface area contributed by atoms with Crippen LogP contribution >= 0.6 is 11.8 Å². The average Bonchev–Trinajstić information content (AvgIpc) is 2.36. The summed E-state index contributed by atoms with van der Waals surface area (Å²) in [5.41, 5.74) is 5.42. The molecule has 0 radical (unpaired) electrons. The third-order valence-electron chi connectivity index (χ3n) is 2.19. The Kier molecular flexibility index (Phi) is 5.86. The highest BCUT2D eigenvalue weighted by atomic mass is 32.2. The molecular weight excluding hydrogens is 236 g/mol. The van der Waals surface area contributed by atoms with E-state index in [0.29, 0.717) is 12.3 Å². The quantitative estimate of drug-likeness (QED) is 0.750. The van der Waals surface area contributed by atoms with E-state index in [0.717, 1.165) is 10.6 Å². The Morgan fingerprint density at radius 3 is 2.65 bits per heavy atom. The zero-order valence-electron chi connectivity index (χ0n) is 10.1. The molecule has 0 bridgehead atoms. The monoisotopic (exact) mass is 254 g/mol. The highest BCUT2D eigenvalue weighted by Crippen LogP contribution is 2.20. The molecule has 3 N–H and O–H groups in total. The summed E-state index contributed by atoms with van der Waals surface area (Å²) < 4.78 is 5.06. The Bertz CT molecular complexity index is 354. The van der Waals surface area contributed by atoms with Crippen molar-refractivity contribution in [2.24, 2.45) is 5.73 Å². The van der Waals surface area contributed by atoms with Gasteiger partial charge in [-0.15, -0.1) is 11.8 Å². The number of amides is 1. The molecule has 1 atom stereocenters. The maximum atomic E-state index is 11.5. The predicted octanol–water partition coefficient (Wildman–Crippen LogP) is 1.25. The van der Waals surface area contributed by atoms with Crippen molar-refractivity contribution in [2.75, 3.05) is 19.4 Å². The Labute approximate surface area is 106 Å². The van der Waals surface area contributed by atoms with Crippen LogP contribution in [-0.2, 0) is 4.79 Å². The fraction of sp³-hybridized carbons (Fsp3) is 0.417. The minimum Gasteiger partial charge on any atom is -0.497 e. The van der Waals surface area contributed by atoms with E-state index in [-0.39, 0.29) is 11.9 Å². The largest absolute Gasteiger partial charge is 0.497 e. The van der Waals surface area contributed by atoms with Crippen LogP contribution < -0.4 is 15.8 Å². The summed E-state index contributed by atoms with van der Waals surface area (Å²) in [6.07, 6.45) is 0. The minimum atomic E-state index is 0.00349. The molecule has 0 aliphatic rings. The Hall–Kier alpha value is -1.20. The van der Waals surface area contributed by atoms with Crippen LogP contribution in [0.15, 0.2) is 29.2 Å². The number of rotatable bonds is 6. The van der Waals surface area contributed by atoms with Crippen LogP contribution in [0, 0.1) is 0 Å². The first-order chi connectivity index (χ1) is 8.15. The van der Waals surface area contributed by atoms with E-state index in [9.17, 15) is 4.79 Å². The number of hydrogen-bond donors (Lipinski definition) is 2. The first-order valence-corrected chi connectivity index (χ1v) is 6.40. The van der Waals surface area contributed by atoms with Crippen LogP contribution in [-0.4, -0.2) is 31.4 Å². The summed E-state index contributed by atoms with van der Waals surface area (Å²) in [6, 6.07) is 7.65. The van der Waals surface area contributed by atoms with Gasteiger partial charge in [0, 0.05) is 17.5 Å². The molecule has 0 aromatic heterocycles. The van der Waals surface area contributed by atoms with Crippen molar-refractivity contribution in [3.05, 3.63) is 24.3 Å². The Morgan fingerprint density at radius 2 is 2.12 bits per heavy atom. The molecular formula is C12H18N2O2S. The average molecular weight is 254 g/mol. The summed E-state index contributed by atoms with van der Waals surface area (Å²) in [6.45, 7) is 2.34. The predicted molar refractivity (Wildman–Crippen MR) is 70.4 cm³/mol. The van der Waals surface area contributed by atoms with Gasteiger partial charge in [-0.2, -0.15) is 0 Å². The second kappa shape index (κ2) is 7.19. The van der Waals surface area contributed by atoms with Gasteiger partial charge in [0.25, 0.3) is 0 Å². The van der Waals surface area contributed by atoms with Gasteiger partial charge in [-0.25, -0.2) is 0 Å². The molecule has 1 amide bonds. The molecule has 5 heteroatoms. The molecule has 1 aromatic carbocycles. The summed E-state index contributed by atoms with van der Waals surface area (Å²) in [4.78, 5) is 12.5. The van der Waals surface area contributed by atoms with Gasteiger partial charge in [-0.3, -0.25) is 4.79 Å². The van der Waals surface area contributed by atoms with Crippen molar-refractivity contribution in [1.82, 2.24) is 5.32 Å². The first kappa shape index (κ1) is 13.9. The fourth-order valence-corrected chi connectivity index (χ4v) is 1.91. The molecule has 0 saturated heterocycles. The topological polar surface area (TPSA) is 64.3 Å². The second-order valence-corrected chi connectivity index (χ2v) is 4.72. The number of hydrogen-bond acceptors (Lipinski definition) is 4. The third kappa shape index (κ3) is 5.10. The van der Waals surface area contributed by atoms with Crippen molar-refractivity contribution in [3.63, 3.8) is 0 Å². The first-order valence-electron chi connectivity index (χ1n) is 5.42. The lowest BCUT2D eigenvalue weighted by atomic mass is 10.3. The SMILES string of the molecule is COc1ccc(SCC(=O)N[C@@H](C)CN)cc1. The summed E-state index contributed by atoms with van der Waals surface area (Å²) in [7, 11) is 1.63. The van der Waals surface area contributed by atoms with Crippen molar-refractivity contribution in [2.45, 2.75) is 17.9 Å². The molecule has 0 spiro atoms. The standard InChI is InChI=1S/C12H18N2O2S/c1-9(7-13)14-12(15)8-17-11-5-3-10(16-2)4-6-11/h3-6,9H,7-8,13H2,1-2H3,(H,14,15)/t9-/m0/s1. The molecule has 0 aliphatic carbocycles. The van der Waals surface area contributed by atoms with Gasteiger partial charge in [-0.1, -0.05) is 0 Å². The molecule has 0 heterocycles. The van der Waals surface area contributed by atoms with Crippen LogP contribution in [0.25, 0.3) is 0 Å². The van der Waals surface area contributed by atoms with Crippen molar-refractivity contribution < 1.29 is 9.53 Å². The number of carbonyl (C=O) groups is 1. The number of nitrogens with two attached hydrogens (primary N) is 1. The third-order valence-corrected chi connectivity index (χ3v) is 3.20. The van der Waals surface area contributed by atoms with E-state index >= 15 is 0 Å². The van der Waals surface area contributed by atoms with Crippen LogP contribution in [0.1, 0.15) is 6.92 Å². The van der Waals surface area contributed by atoms with E-state index < -0.39 is 0 Å². The van der Waals surface area contributed by atoms with Crippen LogP contribution in [0.5, 0.6) is 5.75 Å². The number of methoxy groups -OCH3 is 1. The van der Waals surface area contributed by atoms with Gasteiger partial charge >= 0.3 is 0 Å². The molecule has 1 rings (SSSR count). The second-order valence-electron chi connectivity index (χ2n) is 3.67. The molecule has 94 valence electrons. The molecule has 0 saturated carbocycles. The van der Waals surface area contributed by atoms with E-state index in [1.807, 2.05) is 31.2 Å². The number of ether oxygens (including phenoxy) is 1. The highest BCUT2D eigenvalue weighted by molar-refractivity contribution is 8.00. The van der Waals surface area contributed by atoms with E-state index in [1.165, 1.54) is 11.8 Å². The van der Waals surface area contributed by atoms with Gasteiger partial charge in [0.15, 0.2) is 0 Å². The summed E-state index contributed by atoms with van der Waals surface area (Å²) in [5, 5.41) is 2.81. The van der Waals surface area contributed by atoms with Crippen LogP contribution in [0.4, 0.5) is 0 Å². The van der Waals surface area contributed by atoms with Crippen LogP contribution in [0.2, 0.25) is 0 Å². The van der Waals surface area contributed by atoms with Crippen molar-refractivity contribution in [1.29, 1.82) is 0 Å². The summed E-state index contributed by atoms with van der Waals surface area (Å²) in [5.74, 6) is 1.22. The molecule has 4 nitrogen and oxygen atoms in total. The Morgan fingerprint density at radius 1 is 1.47 bits per heavy atom. The lowest BCUT2D eigenvalue weighted by Gasteiger charge is -2.10. The number of thioether (sulfide) groups is 1. The Balaban J connectivity index is 2.36. The maximum absolute atomic E-state index is 11.5. The molecule has 17 heavy (non-hydrogen) atoms. The number of nitrogens with one attached hydrogen (secondary N) is 1. The molecule has 0 fully saturated rings.